The van der Waals surface area contributed by atoms with Crippen molar-refractivity contribution in [1.29, 1.82) is 0 Å². The molecule has 2 N–H and O–H groups in total. The lowest BCUT2D eigenvalue weighted by atomic mass is 10.2. The smallest absolute Gasteiger partial charge is 0.257 e. The molecule has 0 spiro atoms. The molecule has 0 unspecified atom stereocenters. The van der Waals surface area contributed by atoms with Gasteiger partial charge in [-0.2, -0.15) is 0 Å². The van der Waals surface area contributed by atoms with Crippen molar-refractivity contribution >= 4 is 23.6 Å². The van der Waals surface area contributed by atoms with Crippen molar-refractivity contribution in [2.45, 2.75) is 6.42 Å². The monoisotopic (exact) mass is 310 g/mol. The minimum atomic E-state index is -0.780. The number of hydrogen-bond donors (Lipinski definition) is 2. The molecule has 116 valence electrons. The van der Waals surface area contributed by atoms with Gasteiger partial charge in [0, 0.05) is 11.1 Å². The van der Waals surface area contributed by atoms with Crippen LogP contribution in [0.2, 0.25) is 0 Å². The summed E-state index contributed by atoms with van der Waals surface area (Å²) in [5.74, 6) is -2.76. The zero-order valence-electron chi connectivity index (χ0n) is 12.1. The lowest BCUT2D eigenvalue weighted by molar-refractivity contribution is -0.128. The molecule has 0 aromatic heterocycles. The van der Waals surface area contributed by atoms with Crippen molar-refractivity contribution in [3.8, 4) is 0 Å². The van der Waals surface area contributed by atoms with Gasteiger partial charge in [-0.3, -0.25) is 29.8 Å². The Bertz CT molecular complexity index is 663. The van der Waals surface area contributed by atoms with Gasteiger partial charge in [0.25, 0.3) is 11.8 Å². The first kappa shape index (κ1) is 16.1. The molecule has 0 saturated carbocycles. The molecule has 6 nitrogen and oxygen atoms in total. The number of hydrogen-bond acceptors (Lipinski definition) is 4. The molecule has 0 aliphatic carbocycles. The zero-order valence-corrected chi connectivity index (χ0v) is 12.1. The molecule has 4 amide bonds. The van der Waals surface area contributed by atoms with Crippen LogP contribution in [0.5, 0.6) is 0 Å². The molecule has 0 heterocycles. The highest BCUT2D eigenvalue weighted by atomic mass is 16.2. The summed E-state index contributed by atoms with van der Waals surface area (Å²) >= 11 is 0. The average molecular weight is 310 g/mol. The first-order valence-electron chi connectivity index (χ1n) is 6.84. The molecule has 0 saturated heterocycles. The normalized spacial score (nSPS) is 9.74. The molecule has 0 atom stereocenters. The molecule has 0 bridgehead atoms. The van der Waals surface area contributed by atoms with Gasteiger partial charge in [-0.05, 0) is 24.3 Å². The summed E-state index contributed by atoms with van der Waals surface area (Å²) in [7, 11) is 0. The van der Waals surface area contributed by atoms with Gasteiger partial charge in [0.2, 0.25) is 11.8 Å². The fourth-order valence-corrected chi connectivity index (χ4v) is 1.81. The summed E-state index contributed by atoms with van der Waals surface area (Å²) in [5, 5.41) is 4.18. The Kier molecular flexibility index (Phi) is 5.35. The van der Waals surface area contributed by atoms with Gasteiger partial charge in [-0.25, -0.2) is 0 Å². The summed E-state index contributed by atoms with van der Waals surface area (Å²) in [5.41, 5.74) is 0.614. The number of carbonyl (C=O) groups is 4. The molecular weight excluding hydrogens is 296 g/mol. The topological polar surface area (TPSA) is 92.3 Å². The van der Waals surface area contributed by atoms with E-state index in [4.69, 9.17) is 0 Å². The molecule has 6 heteroatoms. The fraction of sp³-hybridized carbons (Fsp3) is 0.0588. The highest BCUT2D eigenvalue weighted by Gasteiger charge is 2.16. The average Bonchev–Trinajstić information content (AvgIpc) is 2.56. The maximum Gasteiger partial charge on any atom is 0.257 e. The molecule has 2 aromatic rings. The Labute approximate surface area is 132 Å². The van der Waals surface area contributed by atoms with Gasteiger partial charge in [-0.15, -0.1) is 0 Å². The highest BCUT2D eigenvalue weighted by molar-refractivity contribution is 6.13. The molecule has 0 fully saturated rings. The van der Waals surface area contributed by atoms with Gasteiger partial charge in [0.15, 0.2) is 0 Å². The van der Waals surface area contributed by atoms with Crippen molar-refractivity contribution in [2.24, 2.45) is 0 Å². The van der Waals surface area contributed by atoms with Crippen molar-refractivity contribution in [3.63, 3.8) is 0 Å². The number of nitrogens with one attached hydrogen (secondary N) is 2. The van der Waals surface area contributed by atoms with Crippen molar-refractivity contribution < 1.29 is 19.2 Å². The molecule has 0 aliphatic rings. The number of imide groups is 2. The van der Waals surface area contributed by atoms with Gasteiger partial charge < -0.3 is 0 Å². The van der Waals surface area contributed by atoms with E-state index in [1.54, 1.807) is 60.7 Å². The largest absolute Gasteiger partial charge is 0.292 e. The van der Waals surface area contributed by atoms with Crippen molar-refractivity contribution in [3.05, 3.63) is 71.8 Å². The van der Waals surface area contributed by atoms with Crippen LogP contribution in [-0.4, -0.2) is 23.6 Å². The standard InChI is InChI=1S/C17H14N2O4/c20-14(18-16(22)12-7-3-1-4-8-12)11-15(21)19-17(23)13-9-5-2-6-10-13/h1-10H,11H2,(H,18,20,22)(H,19,21,23). The van der Waals surface area contributed by atoms with Crippen LogP contribution < -0.4 is 10.6 Å². The predicted octanol–water partition coefficient (Wildman–Crippen LogP) is 1.29. The second-order valence-corrected chi connectivity index (χ2v) is 4.66. The summed E-state index contributed by atoms with van der Waals surface area (Å²) in [6, 6.07) is 16.3. The number of rotatable bonds is 4. The van der Waals surface area contributed by atoms with Crippen LogP contribution in [0.1, 0.15) is 27.1 Å². The van der Waals surface area contributed by atoms with Crippen LogP contribution in [0, 0.1) is 0 Å². The van der Waals surface area contributed by atoms with E-state index in [0.717, 1.165) is 0 Å². The Hall–Kier alpha value is -3.28. The minimum Gasteiger partial charge on any atom is -0.292 e. The lowest BCUT2D eigenvalue weighted by Crippen LogP contribution is -2.37. The van der Waals surface area contributed by atoms with E-state index in [1.807, 2.05) is 0 Å². The third-order valence-electron chi connectivity index (χ3n) is 2.90. The van der Waals surface area contributed by atoms with Crippen LogP contribution >= 0.6 is 0 Å². The molecule has 0 radical (unpaired) electrons. The van der Waals surface area contributed by atoms with Crippen LogP contribution in [0.25, 0.3) is 0 Å². The van der Waals surface area contributed by atoms with E-state index in [-0.39, 0.29) is 0 Å². The molecule has 2 rings (SSSR count). The summed E-state index contributed by atoms with van der Waals surface area (Å²) < 4.78 is 0. The molecule has 23 heavy (non-hydrogen) atoms. The third-order valence-corrected chi connectivity index (χ3v) is 2.90. The van der Waals surface area contributed by atoms with E-state index >= 15 is 0 Å². The summed E-state index contributed by atoms with van der Waals surface area (Å²) in [6.45, 7) is 0. The number of carbonyl (C=O) groups excluding carboxylic acids is 4. The fourth-order valence-electron chi connectivity index (χ4n) is 1.81. The van der Waals surface area contributed by atoms with E-state index < -0.39 is 30.0 Å². The third kappa shape index (κ3) is 4.89. The van der Waals surface area contributed by atoms with Crippen LogP contribution in [0.4, 0.5) is 0 Å². The molecule has 2 aromatic carbocycles. The second-order valence-electron chi connectivity index (χ2n) is 4.66. The maximum absolute atomic E-state index is 11.7. The Balaban J connectivity index is 1.84. The van der Waals surface area contributed by atoms with E-state index in [1.165, 1.54) is 0 Å². The van der Waals surface area contributed by atoms with Gasteiger partial charge in [0.05, 0.1) is 0 Å². The van der Waals surface area contributed by atoms with Gasteiger partial charge >= 0.3 is 0 Å². The number of amides is 4. The Morgan fingerprint density at radius 1 is 0.609 bits per heavy atom. The van der Waals surface area contributed by atoms with Crippen molar-refractivity contribution in [1.82, 2.24) is 10.6 Å². The van der Waals surface area contributed by atoms with E-state index in [2.05, 4.69) is 10.6 Å². The van der Waals surface area contributed by atoms with Gasteiger partial charge in [-0.1, -0.05) is 36.4 Å². The van der Waals surface area contributed by atoms with Crippen LogP contribution in [-0.2, 0) is 9.59 Å². The number of benzene rings is 2. The molecular formula is C17H14N2O4. The van der Waals surface area contributed by atoms with Gasteiger partial charge in [0.1, 0.15) is 6.42 Å². The lowest BCUT2D eigenvalue weighted by Gasteiger charge is -2.05. The summed E-state index contributed by atoms with van der Waals surface area (Å²) in [4.78, 5) is 46.8. The zero-order chi connectivity index (χ0) is 16.7. The van der Waals surface area contributed by atoms with E-state index in [9.17, 15) is 19.2 Å². The van der Waals surface area contributed by atoms with E-state index in [0.29, 0.717) is 11.1 Å². The quantitative estimate of drug-likeness (QED) is 0.832. The minimum absolute atomic E-state index is 0.307. The van der Waals surface area contributed by atoms with Crippen LogP contribution in [0.3, 0.4) is 0 Å². The molecule has 0 aliphatic heterocycles. The Morgan fingerprint density at radius 2 is 0.957 bits per heavy atom. The summed E-state index contributed by atoms with van der Waals surface area (Å²) in [6.07, 6.45) is -0.614. The predicted molar refractivity (Wildman–Crippen MR) is 82.4 cm³/mol. The maximum atomic E-state index is 11.7. The Morgan fingerprint density at radius 3 is 1.30 bits per heavy atom. The first-order valence-corrected chi connectivity index (χ1v) is 6.84. The van der Waals surface area contributed by atoms with Crippen molar-refractivity contribution in [2.75, 3.05) is 0 Å². The second kappa shape index (κ2) is 7.65. The van der Waals surface area contributed by atoms with Crippen LogP contribution in [0.15, 0.2) is 60.7 Å². The first-order chi connectivity index (χ1) is 11.1. The SMILES string of the molecule is O=C(CC(=O)NC(=O)c1ccccc1)NC(=O)c1ccccc1. The highest BCUT2D eigenvalue weighted by Crippen LogP contribution is 1.99.